The fourth-order valence-corrected chi connectivity index (χ4v) is 4.15. The summed E-state index contributed by atoms with van der Waals surface area (Å²) in [5.41, 5.74) is 0.656. The topological polar surface area (TPSA) is 66.5 Å². The Labute approximate surface area is 167 Å². The number of nitrogens with zero attached hydrogens (tertiary/aromatic N) is 1. The van der Waals surface area contributed by atoms with Gasteiger partial charge in [0.05, 0.1) is 27.7 Å². The molecule has 0 heterocycles. The van der Waals surface area contributed by atoms with Crippen LogP contribution < -0.4 is 9.62 Å². The van der Waals surface area contributed by atoms with Crippen molar-refractivity contribution in [1.29, 1.82) is 0 Å². The molecule has 0 bridgehead atoms. The Balaban J connectivity index is 2.40. The van der Waals surface area contributed by atoms with E-state index in [1.54, 1.807) is 49.4 Å². The molecule has 0 fully saturated rings. The zero-order valence-electron chi connectivity index (χ0n) is 14.0. The van der Waals surface area contributed by atoms with Gasteiger partial charge in [0.25, 0.3) is 0 Å². The van der Waals surface area contributed by atoms with Crippen LogP contribution in [0.25, 0.3) is 0 Å². The SMILES string of the molecule is CC[C@@H](C(=O)Nc1cccc(Cl)c1Cl)N(c1ccc(Cl)cc1)S(C)(=O)=O. The Morgan fingerprint density at radius 2 is 1.73 bits per heavy atom. The molecule has 0 aliphatic rings. The summed E-state index contributed by atoms with van der Waals surface area (Å²) in [5.74, 6) is -0.517. The van der Waals surface area contributed by atoms with Crippen LogP contribution in [0.5, 0.6) is 0 Å². The molecule has 0 spiro atoms. The van der Waals surface area contributed by atoms with Gasteiger partial charge in [-0.1, -0.05) is 47.8 Å². The Kier molecular flexibility index (Phi) is 6.80. The van der Waals surface area contributed by atoms with Gasteiger partial charge in [0.15, 0.2) is 0 Å². The number of nitrogens with one attached hydrogen (secondary N) is 1. The van der Waals surface area contributed by atoms with E-state index in [1.807, 2.05) is 0 Å². The van der Waals surface area contributed by atoms with Crippen molar-refractivity contribution < 1.29 is 13.2 Å². The fourth-order valence-electron chi connectivity index (χ4n) is 2.46. The van der Waals surface area contributed by atoms with Crippen LogP contribution in [0.1, 0.15) is 13.3 Å². The van der Waals surface area contributed by atoms with Crippen molar-refractivity contribution in [2.24, 2.45) is 0 Å². The van der Waals surface area contributed by atoms with Gasteiger partial charge in [-0.3, -0.25) is 9.10 Å². The second-order valence-electron chi connectivity index (χ2n) is 5.55. The van der Waals surface area contributed by atoms with Crippen LogP contribution in [0.3, 0.4) is 0 Å². The molecule has 1 amide bonds. The number of benzene rings is 2. The van der Waals surface area contributed by atoms with Crippen molar-refractivity contribution in [3.05, 3.63) is 57.5 Å². The molecule has 0 aliphatic carbocycles. The van der Waals surface area contributed by atoms with Crippen molar-refractivity contribution in [3.63, 3.8) is 0 Å². The number of carbonyl (C=O) groups is 1. The second-order valence-corrected chi connectivity index (χ2v) is 8.63. The molecule has 0 aromatic heterocycles. The van der Waals surface area contributed by atoms with E-state index in [4.69, 9.17) is 34.8 Å². The first-order valence-corrected chi connectivity index (χ1v) is 10.6. The minimum absolute atomic E-state index is 0.190. The highest BCUT2D eigenvalue weighted by Crippen LogP contribution is 2.30. The van der Waals surface area contributed by atoms with Crippen molar-refractivity contribution >= 4 is 62.1 Å². The standard InChI is InChI=1S/C17H17Cl3N2O3S/c1-3-15(17(23)21-14-6-4-5-13(19)16(14)20)22(26(2,24)25)12-9-7-11(18)8-10-12/h4-10,15H,3H2,1-2H3,(H,21,23)/t15-/m0/s1. The Morgan fingerprint density at radius 1 is 1.12 bits per heavy atom. The van der Waals surface area contributed by atoms with Gasteiger partial charge in [-0.25, -0.2) is 8.42 Å². The maximum Gasteiger partial charge on any atom is 0.248 e. The molecule has 1 atom stereocenters. The number of hydrogen-bond acceptors (Lipinski definition) is 3. The lowest BCUT2D eigenvalue weighted by molar-refractivity contribution is -0.117. The average Bonchev–Trinajstić information content (AvgIpc) is 2.56. The van der Waals surface area contributed by atoms with E-state index in [0.29, 0.717) is 16.4 Å². The predicted molar refractivity (Wildman–Crippen MR) is 108 cm³/mol. The van der Waals surface area contributed by atoms with Crippen molar-refractivity contribution in [2.75, 3.05) is 15.9 Å². The van der Waals surface area contributed by atoms with Crippen LogP contribution in [0.15, 0.2) is 42.5 Å². The number of carbonyl (C=O) groups excluding carboxylic acids is 1. The molecule has 9 heteroatoms. The van der Waals surface area contributed by atoms with E-state index < -0.39 is 22.0 Å². The lowest BCUT2D eigenvalue weighted by atomic mass is 10.2. The fraction of sp³-hybridized carbons (Fsp3) is 0.235. The number of rotatable bonds is 6. The monoisotopic (exact) mass is 434 g/mol. The van der Waals surface area contributed by atoms with Crippen molar-refractivity contribution in [3.8, 4) is 0 Å². The summed E-state index contributed by atoms with van der Waals surface area (Å²) in [6, 6.07) is 10.1. The maximum absolute atomic E-state index is 12.8. The van der Waals surface area contributed by atoms with Crippen LogP contribution >= 0.6 is 34.8 Å². The molecule has 0 radical (unpaired) electrons. The van der Waals surface area contributed by atoms with E-state index >= 15 is 0 Å². The highest BCUT2D eigenvalue weighted by atomic mass is 35.5. The predicted octanol–water partition coefficient (Wildman–Crippen LogP) is 4.83. The third-order valence-corrected chi connectivity index (χ3v) is 5.87. The summed E-state index contributed by atoms with van der Waals surface area (Å²) >= 11 is 17.9. The minimum Gasteiger partial charge on any atom is -0.323 e. The molecule has 2 aromatic carbocycles. The van der Waals surface area contributed by atoms with Gasteiger partial charge >= 0.3 is 0 Å². The van der Waals surface area contributed by atoms with Crippen LogP contribution in [-0.4, -0.2) is 26.6 Å². The quantitative estimate of drug-likeness (QED) is 0.706. The van der Waals surface area contributed by atoms with Gasteiger partial charge < -0.3 is 5.32 Å². The summed E-state index contributed by atoms with van der Waals surface area (Å²) in [7, 11) is -3.73. The summed E-state index contributed by atoms with van der Waals surface area (Å²) < 4.78 is 25.8. The summed E-state index contributed by atoms with van der Waals surface area (Å²) in [4.78, 5) is 12.8. The number of halogens is 3. The molecule has 0 aliphatic heterocycles. The Bertz CT molecular complexity index is 902. The minimum atomic E-state index is -3.73. The average molecular weight is 436 g/mol. The summed E-state index contributed by atoms with van der Waals surface area (Å²) in [6.45, 7) is 1.72. The smallest absolute Gasteiger partial charge is 0.248 e. The number of amides is 1. The summed E-state index contributed by atoms with van der Waals surface area (Å²) in [6.07, 6.45) is 1.30. The van der Waals surface area contributed by atoms with Crippen molar-refractivity contribution in [2.45, 2.75) is 19.4 Å². The largest absolute Gasteiger partial charge is 0.323 e. The Hall–Kier alpha value is -1.47. The van der Waals surface area contributed by atoms with Crippen LogP contribution in [0, 0.1) is 0 Å². The number of hydrogen-bond donors (Lipinski definition) is 1. The normalized spacial score (nSPS) is 12.5. The Morgan fingerprint density at radius 3 is 2.27 bits per heavy atom. The van der Waals surface area contributed by atoms with Gasteiger partial charge in [0.1, 0.15) is 6.04 Å². The van der Waals surface area contributed by atoms with Gasteiger partial charge in [-0.2, -0.15) is 0 Å². The van der Waals surface area contributed by atoms with Crippen LogP contribution in [0.2, 0.25) is 15.1 Å². The molecule has 0 saturated heterocycles. The molecule has 1 N–H and O–H groups in total. The van der Waals surface area contributed by atoms with E-state index in [9.17, 15) is 13.2 Å². The molecule has 0 unspecified atom stereocenters. The molecule has 26 heavy (non-hydrogen) atoms. The first-order chi connectivity index (χ1) is 12.1. The zero-order chi connectivity index (χ0) is 19.5. The van der Waals surface area contributed by atoms with Gasteiger partial charge in [-0.15, -0.1) is 0 Å². The van der Waals surface area contributed by atoms with Crippen LogP contribution in [0.4, 0.5) is 11.4 Å². The lowest BCUT2D eigenvalue weighted by Gasteiger charge is -2.30. The summed E-state index contributed by atoms with van der Waals surface area (Å²) in [5, 5.41) is 3.59. The maximum atomic E-state index is 12.8. The van der Waals surface area contributed by atoms with E-state index in [0.717, 1.165) is 10.6 Å². The highest BCUT2D eigenvalue weighted by Gasteiger charge is 2.31. The van der Waals surface area contributed by atoms with Gasteiger partial charge in [0.2, 0.25) is 15.9 Å². The zero-order valence-corrected chi connectivity index (χ0v) is 17.1. The van der Waals surface area contributed by atoms with E-state index in [-0.39, 0.29) is 16.5 Å². The lowest BCUT2D eigenvalue weighted by Crippen LogP contribution is -2.47. The van der Waals surface area contributed by atoms with Crippen molar-refractivity contribution in [1.82, 2.24) is 0 Å². The third-order valence-electron chi connectivity index (χ3n) is 3.62. The first-order valence-electron chi connectivity index (χ1n) is 7.65. The van der Waals surface area contributed by atoms with Gasteiger partial charge in [0, 0.05) is 5.02 Å². The molecular formula is C17H17Cl3N2O3S. The second kappa shape index (κ2) is 8.48. The van der Waals surface area contributed by atoms with E-state index in [1.165, 1.54) is 0 Å². The van der Waals surface area contributed by atoms with Gasteiger partial charge in [-0.05, 0) is 42.8 Å². The highest BCUT2D eigenvalue weighted by molar-refractivity contribution is 7.92. The third kappa shape index (κ3) is 4.82. The molecule has 2 rings (SSSR count). The molecule has 5 nitrogen and oxygen atoms in total. The first kappa shape index (κ1) is 20.8. The molecule has 2 aromatic rings. The number of sulfonamides is 1. The molecule has 0 saturated carbocycles. The molecular weight excluding hydrogens is 419 g/mol. The van der Waals surface area contributed by atoms with Crippen LogP contribution in [-0.2, 0) is 14.8 Å². The number of anilines is 2. The molecule has 140 valence electrons. The van der Waals surface area contributed by atoms with E-state index in [2.05, 4.69) is 5.32 Å².